The zero-order valence-electron chi connectivity index (χ0n) is 9.24. The molecule has 0 aliphatic rings. The minimum atomic E-state index is -5.45. The lowest BCUT2D eigenvalue weighted by Gasteiger charge is -2.22. The average molecular weight is 374 g/mol. The summed E-state index contributed by atoms with van der Waals surface area (Å²) < 4.78 is 60.3. The van der Waals surface area contributed by atoms with Gasteiger partial charge < -0.3 is 5.11 Å². The van der Waals surface area contributed by atoms with Gasteiger partial charge in [-0.1, -0.05) is 41.9 Å². The molecule has 1 N–H and O–H groups in total. The van der Waals surface area contributed by atoms with E-state index >= 15 is 0 Å². The Morgan fingerprint density at radius 2 is 1.47 bits per heavy atom. The minimum absolute atomic E-state index is 0.0831. The van der Waals surface area contributed by atoms with Crippen molar-refractivity contribution in [2.24, 2.45) is 0 Å². The van der Waals surface area contributed by atoms with E-state index in [-0.39, 0.29) is 6.61 Å². The summed E-state index contributed by atoms with van der Waals surface area (Å²) in [4.78, 5) is 0. The van der Waals surface area contributed by atoms with Gasteiger partial charge in [0.15, 0.2) is 0 Å². The second-order valence-corrected chi connectivity index (χ2v) is 5.69. The second-order valence-electron chi connectivity index (χ2n) is 3.93. The highest BCUT2D eigenvalue weighted by Crippen LogP contribution is 2.40. The molecule has 0 aromatic heterocycles. The van der Waals surface area contributed by atoms with E-state index in [1.54, 1.807) is 22.6 Å². The van der Waals surface area contributed by atoms with Gasteiger partial charge in [0.05, 0.1) is 0 Å². The van der Waals surface area contributed by atoms with Crippen LogP contribution in [0, 0.1) is 0 Å². The molecule has 1 atom stereocenters. The SMILES string of the molecule is OCCCCCCC(I)CC(F)(F)C(F)(F)F. The van der Waals surface area contributed by atoms with Gasteiger partial charge in [-0.3, -0.25) is 0 Å². The van der Waals surface area contributed by atoms with E-state index in [0.717, 1.165) is 12.8 Å². The van der Waals surface area contributed by atoms with Crippen LogP contribution in [0.4, 0.5) is 22.0 Å². The van der Waals surface area contributed by atoms with E-state index in [4.69, 9.17) is 5.11 Å². The lowest BCUT2D eigenvalue weighted by Crippen LogP contribution is -2.38. The van der Waals surface area contributed by atoms with Crippen molar-refractivity contribution >= 4 is 22.6 Å². The first-order valence-corrected chi connectivity index (χ1v) is 6.65. The summed E-state index contributed by atoms with van der Waals surface area (Å²) in [5.41, 5.74) is 0. The van der Waals surface area contributed by atoms with Crippen molar-refractivity contribution in [1.29, 1.82) is 0 Å². The van der Waals surface area contributed by atoms with Crippen LogP contribution >= 0.6 is 22.6 Å². The van der Waals surface area contributed by atoms with Crippen molar-refractivity contribution in [2.75, 3.05) is 6.61 Å². The second kappa shape index (κ2) is 7.70. The van der Waals surface area contributed by atoms with Gasteiger partial charge in [-0.05, 0) is 12.8 Å². The normalized spacial score (nSPS) is 15.0. The van der Waals surface area contributed by atoms with E-state index < -0.39 is 22.4 Å². The summed E-state index contributed by atoms with van der Waals surface area (Å²) in [7, 11) is 0. The summed E-state index contributed by atoms with van der Waals surface area (Å²) in [6.07, 6.45) is -3.48. The van der Waals surface area contributed by atoms with Crippen LogP contribution in [-0.4, -0.2) is 27.7 Å². The Morgan fingerprint density at radius 3 is 1.94 bits per heavy atom. The molecular weight excluding hydrogens is 358 g/mol. The fourth-order valence-corrected chi connectivity index (χ4v) is 2.32. The minimum Gasteiger partial charge on any atom is -0.396 e. The van der Waals surface area contributed by atoms with Crippen molar-refractivity contribution in [3.05, 3.63) is 0 Å². The molecule has 1 unspecified atom stereocenters. The van der Waals surface area contributed by atoms with Gasteiger partial charge in [-0.15, -0.1) is 0 Å². The van der Waals surface area contributed by atoms with E-state index in [9.17, 15) is 22.0 Å². The number of unbranched alkanes of at least 4 members (excludes halogenated alkanes) is 3. The molecule has 1 nitrogen and oxygen atoms in total. The lowest BCUT2D eigenvalue weighted by atomic mass is 10.1. The summed E-state index contributed by atoms with van der Waals surface area (Å²) in [6, 6.07) is 0. The first-order valence-electron chi connectivity index (χ1n) is 5.40. The number of aliphatic hydroxyl groups excluding tert-OH is 1. The molecule has 0 bridgehead atoms. The Hall–Kier alpha value is 0.340. The number of alkyl halides is 6. The molecule has 0 saturated carbocycles. The molecule has 0 aliphatic heterocycles. The Morgan fingerprint density at radius 1 is 0.941 bits per heavy atom. The molecule has 0 rings (SSSR count). The van der Waals surface area contributed by atoms with E-state index in [1.165, 1.54) is 0 Å². The monoisotopic (exact) mass is 374 g/mol. The quantitative estimate of drug-likeness (QED) is 0.290. The molecule has 0 aromatic carbocycles. The predicted molar refractivity (Wildman–Crippen MR) is 63.6 cm³/mol. The summed E-state index contributed by atoms with van der Waals surface area (Å²) in [5.74, 6) is -4.59. The Kier molecular flexibility index (Phi) is 7.86. The number of aliphatic hydroxyl groups is 1. The van der Waals surface area contributed by atoms with Crippen molar-refractivity contribution in [2.45, 2.75) is 54.5 Å². The topological polar surface area (TPSA) is 20.2 Å². The third kappa shape index (κ3) is 7.38. The fourth-order valence-electron chi connectivity index (χ4n) is 1.33. The van der Waals surface area contributed by atoms with Gasteiger partial charge >= 0.3 is 12.1 Å². The number of halogens is 6. The van der Waals surface area contributed by atoms with Crippen LogP contribution in [0.1, 0.15) is 38.5 Å². The molecule has 0 spiro atoms. The Balaban J connectivity index is 3.82. The third-order valence-corrected chi connectivity index (χ3v) is 3.38. The maximum Gasteiger partial charge on any atom is 0.453 e. The molecule has 0 aromatic rings. The Labute approximate surface area is 111 Å². The van der Waals surface area contributed by atoms with Crippen LogP contribution in [0.2, 0.25) is 0 Å². The molecule has 7 heteroatoms. The van der Waals surface area contributed by atoms with Crippen LogP contribution in [0.15, 0.2) is 0 Å². The molecule has 17 heavy (non-hydrogen) atoms. The van der Waals surface area contributed by atoms with Crippen molar-refractivity contribution in [3.63, 3.8) is 0 Å². The van der Waals surface area contributed by atoms with Crippen molar-refractivity contribution < 1.29 is 27.1 Å². The van der Waals surface area contributed by atoms with Gasteiger partial charge in [0.25, 0.3) is 0 Å². The van der Waals surface area contributed by atoms with Crippen molar-refractivity contribution in [3.8, 4) is 0 Å². The van der Waals surface area contributed by atoms with Crippen LogP contribution in [0.5, 0.6) is 0 Å². The van der Waals surface area contributed by atoms with Gasteiger partial charge in [0.1, 0.15) is 0 Å². The molecule has 0 radical (unpaired) electrons. The van der Waals surface area contributed by atoms with Crippen LogP contribution in [-0.2, 0) is 0 Å². The first-order chi connectivity index (χ1) is 7.70. The fraction of sp³-hybridized carbons (Fsp3) is 1.00. The van der Waals surface area contributed by atoms with Crippen LogP contribution in [0.25, 0.3) is 0 Å². The standard InChI is InChI=1S/C10H16F5IO/c11-9(12,10(13,14)15)7-8(16)5-3-1-2-4-6-17/h8,17H,1-7H2. The van der Waals surface area contributed by atoms with E-state index in [0.29, 0.717) is 19.3 Å². The molecule has 104 valence electrons. The summed E-state index contributed by atoms with van der Waals surface area (Å²) >= 11 is 1.64. The maximum atomic E-state index is 12.6. The Bertz CT molecular complexity index is 207. The number of hydrogen-bond acceptors (Lipinski definition) is 1. The van der Waals surface area contributed by atoms with E-state index in [2.05, 4.69) is 0 Å². The van der Waals surface area contributed by atoms with Crippen molar-refractivity contribution in [1.82, 2.24) is 0 Å². The van der Waals surface area contributed by atoms with Gasteiger partial charge in [0, 0.05) is 17.0 Å². The molecular formula is C10H16F5IO. The molecule has 0 heterocycles. The largest absolute Gasteiger partial charge is 0.453 e. The number of hydrogen-bond donors (Lipinski definition) is 1. The highest BCUT2D eigenvalue weighted by Gasteiger charge is 2.57. The van der Waals surface area contributed by atoms with E-state index in [1.807, 2.05) is 0 Å². The predicted octanol–water partition coefficient (Wildman–Crippen LogP) is 4.32. The summed E-state index contributed by atoms with van der Waals surface area (Å²) in [5, 5.41) is 8.49. The van der Waals surface area contributed by atoms with Gasteiger partial charge in [0.2, 0.25) is 0 Å². The first kappa shape index (κ1) is 17.3. The molecule has 0 amide bonds. The van der Waals surface area contributed by atoms with Gasteiger partial charge in [-0.25, -0.2) is 0 Å². The molecule has 0 aliphatic carbocycles. The highest BCUT2D eigenvalue weighted by molar-refractivity contribution is 14.1. The zero-order chi connectivity index (χ0) is 13.5. The number of rotatable bonds is 8. The average Bonchev–Trinajstić information content (AvgIpc) is 2.14. The smallest absolute Gasteiger partial charge is 0.396 e. The summed E-state index contributed by atoms with van der Waals surface area (Å²) in [6.45, 7) is 0.0831. The molecule has 0 fully saturated rings. The molecule has 0 saturated heterocycles. The van der Waals surface area contributed by atoms with Gasteiger partial charge in [-0.2, -0.15) is 22.0 Å². The van der Waals surface area contributed by atoms with Crippen LogP contribution < -0.4 is 0 Å². The van der Waals surface area contributed by atoms with Crippen LogP contribution in [0.3, 0.4) is 0 Å². The lowest BCUT2D eigenvalue weighted by molar-refractivity contribution is -0.283. The zero-order valence-corrected chi connectivity index (χ0v) is 11.4. The maximum absolute atomic E-state index is 12.6. The third-order valence-electron chi connectivity index (χ3n) is 2.32. The highest BCUT2D eigenvalue weighted by atomic mass is 127.